The number of likely N-dealkylation sites (N-methyl/N-ethyl adjacent to an activating group) is 1. The van der Waals surface area contributed by atoms with Crippen molar-refractivity contribution in [1.82, 2.24) is 4.90 Å². The van der Waals surface area contributed by atoms with Gasteiger partial charge in [0, 0.05) is 6.04 Å². The minimum atomic E-state index is -0.650. The fourth-order valence-corrected chi connectivity index (χ4v) is 3.43. The monoisotopic (exact) mass is 245 g/mol. The third kappa shape index (κ3) is 2.54. The van der Waals surface area contributed by atoms with E-state index in [0.717, 1.165) is 24.3 Å². The van der Waals surface area contributed by atoms with Crippen molar-refractivity contribution < 1.29 is 9.90 Å². The third-order valence-corrected chi connectivity index (χ3v) is 4.95. The second-order valence-corrected chi connectivity index (χ2v) is 6.27. The summed E-state index contributed by atoms with van der Waals surface area (Å²) in [4.78, 5) is 13.7. The zero-order valence-electron chi connectivity index (χ0n) is 10.7. The van der Waals surface area contributed by atoms with Gasteiger partial charge in [-0.2, -0.15) is 11.8 Å². The Labute approximate surface area is 103 Å². The number of nitrogens with zero attached hydrogens (tertiary/aromatic N) is 1. The fraction of sp³-hybridized carbons (Fsp3) is 0.917. The Morgan fingerprint density at radius 1 is 1.31 bits per heavy atom. The lowest BCUT2D eigenvalue weighted by atomic mass is 9.87. The minimum Gasteiger partial charge on any atom is -0.480 e. The van der Waals surface area contributed by atoms with Gasteiger partial charge >= 0.3 is 5.97 Å². The first-order valence-corrected chi connectivity index (χ1v) is 7.11. The summed E-state index contributed by atoms with van der Waals surface area (Å²) in [5, 5.41) is 9.54. The molecule has 0 aromatic rings. The Morgan fingerprint density at radius 2 is 1.81 bits per heavy atom. The van der Waals surface area contributed by atoms with Gasteiger partial charge in [0.1, 0.15) is 5.54 Å². The number of aliphatic carboxylic acids is 1. The van der Waals surface area contributed by atoms with E-state index >= 15 is 0 Å². The molecule has 0 radical (unpaired) electrons. The van der Waals surface area contributed by atoms with Gasteiger partial charge in [-0.3, -0.25) is 9.69 Å². The van der Waals surface area contributed by atoms with Crippen LogP contribution in [0.4, 0.5) is 0 Å². The summed E-state index contributed by atoms with van der Waals surface area (Å²) >= 11 is 1.86. The second-order valence-electron chi connectivity index (χ2n) is 5.04. The van der Waals surface area contributed by atoms with E-state index in [2.05, 4.69) is 25.7 Å². The predicted molar refractivity (Wildman–Crippen MR) is 69.0 cm³/mol. The van der Waals surface area contributed by atoms with Crippen LogP contribution in [0.15, 0.2) is 0 Å². The van der Waals surface area contributed by atoms with Crippen molar-refractivity contribution in [3.8, 4) is 0 Å². The number of hydrogen-bond acceptors (Lipinski definition) is 3. The molecule has 0 saturated carbocycles. The summed E-state index contributed by atoms with van der Waals surface area (Å²) in [7, 11) is 1.97. The number of rotatable bonds is 4. The maximum atomic E-state index is 11.6. The van der Waals surface area contributed by atoms with Gasteiger partial charge in [0.2, 0.25) is 0 Å². The lowest BCUT2D eigenvalue weighted by molar-refractivity contribution is -0.153. The van der Waals surface area contributed by atoms with Crippen LogP contribution >= 0.6 is 11.8 Å². The Morgan fingerprint density at radius 3 is 2.19 bits per heavy atom. The van der Waals surface area contributed by atoms with E-state index in [1.165, 1.54) is 0 Å². The van der Waals surface area contributed by atoms with E-state index in [4.69, 9.17) is 0 Å². The second kappa shape index (κ2) is 5.41. The number of carboxylic acid groups (broad SMARTS) is 1. The van der Waals surface area contributed by atoms with Crippen LogP contribution in [0.5, 0.6) is 0 Å². The minimum absolute atomic E-state index is 0.305. The van der Waals surface area contributed by atoms with Crippen molar-refractivity contribution in [3.63, 3.8) is 0 Å². The molecule has 4 heteroatoms. The van der Waals surface area contributed by atoms with E-state index in [1.807, 2.05) is 18.8 Å². The normalized spacial score (nSPS) is 22.4. The zero-order valence-corrected chi connectivity index (χ0v) is 11.5. The molecule has 0 spiro atoms. The van der Waals surface area contributed by atoms with Gasteiger partial charge < -0.3 is 5.11 Å². The van der Waals surface area contributed by atoms with Crippen LogP contribution in [0.2, 0.25) is 0 Å². The largest absolute Gasteiger partial charge is 0.480 e. The average Bonchev–Trinajstić information content (AvgIpc) is 2.27. The molecule has 1 heterocycles. The van der Waals surface area contributed by atoms with Crippen LogP contribution in [-0.2, 0) is 4.79 Å². The quantitative estimate of drug-likeness (QED) is 0.825. The lowest BCUT2D eigenvalue weighted by Crippen LogP contribution is -2.58. The molecular formula is C12H23NO2S. The van der Waals surface area contributed by atoms with Crippen molar-refractivity contribution >= 4 is 17.7 Å². The molecule has 1 aliphatic rings. The van der Waals surface area contributed by atoms with Crippen molar-refractivity contribution in [1.29, 1.82) is 0 Å². The molecule has 1 atom stereocenters. The maximum absolute atomic E-state index is 11.6. The Bertz CT molecular complexity index is 249. The number of thioether (sulfide) groups is 1. The summed E-state index contributed by atoms with van der Waals surface area (Å²) in [5.74, 6) is 1.75. The van der Waals surface area contributed by atoms with Gasteiger partial charge in [-0.15, -0.1) is 0 Å². The maximum Gasteiger partial charge on any atom is 0.324 e. The van der Waals surface area contributed by atoms with E-state index in [-0.39, 0.29) is 0 Å². The lowest BCUT2D eigenvalue weighted by Gasteiger charge is -2.45. The SMILES string of the molecule is CC(C)C(C)N(C)C1(C(=O)O)CCSCC1. The van der Waals surface area contributed by atoms with Gasteiger partial charge in [0.25, 0.3) is 0 Å². The molecule has 1 saturated heterocycles. The van der Waals surface area contributed by atoms with Gasteiger partial charge in [-0.25, -0.2) is 0 Å². The first-order valence-electron chi connectivity index (χ1n) is 5.96. The van der Waals surface area contributed by atoms with E-state index in [9.17, 15) is 9.90 Å². The van der Waals surface area contributed by atoms with Crippen LogP contribution in [0.3, 0.4) is 0 Å². The van der Waals surface area contributed by atoms with Gasteiger partial charge in [-0.1, -0.05) is 13.8 Å². The molecule has 0 aromatic carbocycles. The van der Waals surface area contributed by atoms with Crippen LogP contribution in [-0.4, -0.2) is 46.1 Å². The molecule has 1 unspecified atom stereocenters. The highest BCUT2D eigenvalue weighted by atomic mass is 32.2. The van der Waals surface area contributed by atoms with Crippen molar-refractivity contribution in [3.05, 3.63) is 0 Å². The Balaban J connectivity index is 2.88. The number of carbonyl (C=O) groups is 1. The van der Waals surface area contributed by atoms with Crippen molar-refractivity contribution in [2.75, 3.05) is 18.6 Å². The van der Waals surface area contributed by atoms with Crippen molar-refractivity contribution in [2.45, 2.75) is 45.2 Å². The molecule has 0 amide bonds. The first kappa shape index (κ1) is 13.8. The zero-order chi connectivity index (χ0) is 12.3. The third-order valence-electron chi connectivity index (χ3n) is 3.97. The van der Waals surface area contributed by atoms with E-state index in [0.29, 0.717) is 12.0 Å². The molecular weight excluding hydrogens is 222 g/mol. The van der Waals surface area contributed by atoms with Gasteiger partial charge in [-0.05, 0) is 44.2 Å². The van der Waals surface area contributed by atoms with E-state index < -0.39 is 11.5 Å². The topological polar surface area (TPSA) is 40.5 Å². The number of carboxylic acids is 1. The predicted octanol–water partition coefficient (Wildman–Crippen LogP) is 2.31. The molecule has 0 aromatic heterocycles. The van der Waals surface area contributed by atoms with Crippen molar-refractivity contribution in [2.24, 2.45) is 5.92 Å². The molecule has 0 bridgehead atoms. The average molecular weight is 245 g/mol. The number of hydrogen-bond donors (Lipinski definition) is 1. The molecule has 3 nitrogen and oxygen atoms in total. The molecule has 16 heavy (non-hydrogen) atoms. The van der Waals surface area contributed by atoms with Crippen LogP contribution < -0.4 is 0 Å². The smallest absolute Gasteiger partial charge is 0.324 e. The first-order chi connectivity index (χ1) is 7.42. The molecule has 1 rings (SSSR count). The summed E-state index contributed by atoms with van der Waals surface area (Å²) in [6.07, 6.45) is 1.53. The molecule has 1 fully saturated rings. The fourth-order valence-electron chi connectivity index (χ4n) is 2.26. The van der Waals surface area contributed by atoms with E-state index in [1.54, 1.807) is 0 Å². The van der Waals surface area contributed by atoms with Crippen LogP contribution in [0.25, 0.3) is 0 Å². The van der Waals surface area contributed by atoms with Crippen LogP contribution in [0, 0.1) is 5.92 Å². The van der Waals surface area contributed by atoms with Crippen LogP contribution in [0.1, 0.15) is 33.6 Å². The molecule has 1 N–H and O–H groups in total. The summed E-state index contributed by atoms with van der Waals surface area (Å²) in [6, 6.07) is 0.305. The highest BCUT2D eigenvalue weighted by Gasteiger charge is 2.45. The highest BCUT2D eigenvalue weighted by Crippen LogP contribution is 2.34. The standard InChI is InChI=1S/C12H23NO2S/c1-9(2)10(3)13(4)12(11(14)15)5-7-16-8-6-12/h9-10H,5-8H2,1-4H3,(H,14,15). The molecule has 1 aliphatic heterocycles. The molecule has 0 aliphatic carbocycles. The summed E-state index contributed by atoms with van der Waals surface area (Å²) in [5.41, 5.74) is -0.630. The summed E-state index contributed by atoms with van der Waals surface area (Å²) < 4.78 is 0. The van der Waals surface area contributed by atoms with Gasteiger partial charge in [0.05, 0.1) is 0 Å². The summed E-state index contributed by atoms with van der Waals surface area (Å²) in [6.45, 7) is 6.42. The molecule has 94 valence electrons. The Kier molecular flexibility index (Phi) is 4.68. The Hall–Kier alpha value is -0.220. The highest BCUT2D eigenvalue weighted by molar-refractivity contribution is 7.99. The van der Waals surface area contributed by atoms with Gasteiger partial charge in [0.15, 0.2) is 0 Å².